The van der Waals surface area contributed by atoms with Gasteiger partial charge in [-0.3, -0.25) is 18.7 Å². The second-order valence-corrected chi connectivity index (χ2v) is 6.29. The van der Waals surface area contributed by atoms with Crippen molar-refractivity contribution in [3.05, 3.63) is 38.7 Å². The van der Waals surface area contributed by atoms with Crippen molar-refractivity contribution in [2.75, 3.05) is 6.54 Å². The number of hydrogen-bond acceptors (Lipinski definition) is 5. The van der Waals surface area contributed by atoms with E-state index >= 15 is 0 Å². The van der Waals surface area contributed by atoms with E-state index in [0.29, 0.717) is 12.3 Å². The van der Waals surface area contributed by atoms with Crippen molar-refractivity contribution in [2.24, 2.45) is 20.0 Å². The lowest BCUT2D eigenvalue weighted by Gasteiger charge is -2.14. The average molecular weight is 334 g/mol. The number of aliphatic hydroxyl groups is 1. The van der Waals surface area contributed by atoms with Gasteiger partial charge in [-0.05, 0) is 18.4 Å². The summed E-state index contributed by atoms with van der Waals surface area (Å²) in [5.74, 6) is -0.105. The molecule has 8 nitrogen and oxygen atoms in total. The summed E-state index contributed by atoms with van der Waals surface area (Å²) in [4.78, 5) is 40.3. The maximum atomic E-state index is 12.2. The molecule has 2 aromatic rings. The molecule has 1 amide bonds. The van der Waals surface area contributed by atoms with E-state index in [0.717, 1.165) is 4.57 Å². The largest absolute Gasteiger partial charge is 0.391 e. The first-order valence-corrected chi connectivity index (χ1v) is 7.74. The molecule has 0 aliphatic rings. The smallest absolute Gasteiger partial charge is 0.332 e. The van der Waals surface area contributed by atoms with Crippen LogP contribution < -0.4 is 16.6 Å². The molecule has 2 aromatic heterocycles. The summed E-state index contributed by atoms with van der Waals surface area (Å²) < 4.78 is 2.23. The van der Waals surface area contributed by atoms with E-state index in [1.54, 1.807) is 0 Å². The lowest BCUT2D eigenvalue weighted by atomic mass is 10.1. The first kappa shape index (κ1) is 17.9. The summed E-state index contributed by atoms with van der Waals surface area (Å²) in [6.07, 6.45) is 1.26. The number of aryl methyl sites for hydroxylation is 1. The van der Waals surface area contributed by atoms with Gasteiger partial charge in [0.25, 0.3) is 11.5 Å². The molecular formula is C16H22N4O4. The Morgan fingerprint density at radius 3 is 2.58 bits per heavy atom. The molecule has 2 rings (SSSR count). The van der Waals surface area contributed by atoms with Crippen molar-refractivity contribution in [1.82, 2.24) is 19.4 Å². The molecule has 2 heterocycles. The Bertz CT molecular complexity index is 882. The fourth-order valence-corrected chi connectivity index (χ4v) is 2.53. The van der Waals surface area contributed by atoms with Gasteiger partial charge >= 0.3 is 5.69 Å². The summed E-state index contributed by atoms with van der Waals surface area (Å²) in [6, 6.07) is 1.41. The number of fused-ring (bicyclic) bond motifs is 1. The number of aliphatic hydroxyl groups excluding tert-OH is 1. The van der Waals surface area contributed by atoms with Crippen LogP contribution >= 0.6 is 0 Å². The highest BCUT2D eigenvalue weighted by Gasteiger charge is 2.14. The predicted octanol–water partition coefficient (Wildman–Crippen LogP) is -0.231. The summed E-state index contributed by atoms with van der Waals surface area (Å²) in [6.45, 7) is 4.09. The van der Waals surface area contributed by atoms with Crippen molar-refractivity contribution in [3.8, 4) is 0 Å². The molecule has 0 saturated carbocycles. The zero-order valence-corrected chi connectivity index (χ0v) is 14.2. The van der Waals surface area contributed by atoms with E-state index in [4.69, 9.17) is 0 Å². The number of carbonyl (C=O) groups is 1. The number of nitrogens with one attached hydrogen (secondary N) is 1. The minimum Gasteiger partial charge on any atom is -0.391 e. The van der Waals surface area contributed by atoms with Crippen molar-refractivity contribution in [2.45, 2.75) is 26.4 Å². The molecule has 130 valence electrons. The Hall–Kier alpha value is -2.48. The molecule has 0 saturated heterocycles. The highest BCUT2D eigenvalue weighted by atomic mass is 16.3. The molecule has 2 N–H and O–H groups in total. The molecule has 0 unspecified atom stereocenters. The van der Waals surface area contributed by atoms with E-state index in [1.165, 1.54) is 30.9 Å². The second kappa shape index (κ2) is 6.96. The van der Waals surface area contributed by atoms with Gasteiger partial charge in [-0.25, -0.2) is 9.78 Å². The van der Waals surface area contributed by atoms with E-state index in [2.05, 4.69) is 10.3 Å². The van der Waals surface area contributed by atoms with Crippen molar-refractivity contribution >= 4 is 16.9 Å². The molecule has 0 spiro atoms. The average Bonchev–Trinajstić information content (AvgIpc) is 2.54. The van der Waals surface area contributed by atoms with Gasteiger partial charge < -0.3 is 10.4 Å². The molecule has 1 atom stereocenters. The number of pyridine rings is 1. The maximum absolute atomic E-state index is 12.2. The SMILES string of the molecule is CC(C)C[C@H](O)CNC(=O)c1cnc2c(c1)c(=O)n(C)c(=O)n2C. The molecule has 0 radical (unpaired) electrons. The van der Waals surface area contributed by atoms with Gasteiger partial charge in [0.05, 0.1) is 17.1 Å². The van der Waals surface area contributed by atoms with E-state index in [9.17, 15) is 19.5 Å². The Morgan fingerprint density at radius 1 is 1.29 bits per heavy atom. The summed E-state index contributed by atoms with van der Waals surface area (Å²) in [5, 5.41) is 12.6. The standard InChI is InChI=1S/C16H22N4O4/c1-9(2)5-11(21)8-18-14(22)10-6-12-13(17-7-10)19(3)16(24)20(4)15(12)23/h6-7,9,11,21H,5,8H2,1-4H3,(H,18,22)/t11-/m0/s1. The van der Waals surface area contributed by atoms with Crippen LogP contribution in [-0.4, -0.2) is 37.8 Å². The van der Waals surface area contributed by atoms with Gasteiger partial charge in [-0.15, -0.1) is 0 Å². The van der Waals surface area contributed by atoms with E-state index in [-0.39, 0.29) is 23.1 Å². The number of aromatic nitrogens is 3. The molecule has 0 bridgehead atoms. The van der Waals surface area contributed by atoms with Crippen LogP contribution in [0.25, 0.3) is 11.0 Å². The number of amides is 1. The Balaban J connectivity index is 2.29. The highest BCUT2D eigenvalue weighted by Crippen LogP contribution is 2.08. The number of carbonyl (C=O) groups excluding carboxylic acids is 1. The summed E-state index contributed by atoms with van der Waals surface area (Å²) in [5.41, 5.74) is -0.557. The Kier molecular flexibility index (Phi) is 5.18. The van der Waals surface area contributed by atoms with Crippen LogP contribution in [0.3, 0.4) is 0 Å². The predicted molar refractivity (Wildman–Crippen MR) is 90.0 cm³/mol. The van der Waals surface area contributed by atoms with Gasteiger partial charge in [0, 0.05) is 26.8 Å². The third-order valence-corrected chi connectivity index (χ3v) is 3.80. The van der Waals surface area contributed by atoms with Gasteiger partial charge in [-0.1, -0.05) is 13.8 Å². The van der Waals surface area contributed by atoms with Crippen LogP contribution in [0.15, 0.2) is 21.9 Å². The molecule has 0 aromatic carbocycles. The molecule has 24 heavy (non-hydrogen) atoms. The van der Waals surface area contributed by atoms with Crippen LogP contribution in [0, 0.1) is 5.92 Å². The Morgan fingerprint density at radius 2 is 1.96 bits per heavy atom. The zero-order valence-electron chi connectivity index (χ0n) is 14.2. The maximum Gasteiger partial charge on any atom is 0.332 e. The zero-order chi connectivity index (χ0) is 18.0. The monoisotopic (exact) mass is 334 g/mol. The van der Waals surface area contributed by atoms with Crippen LogP contribution in [-0.2, 0) is 14.1 Å². The van der Waals surface area contributed by atoms with Crippen LogP contribution in [0.5, 0.6) is 0 Å². The molecular weight excluding hydrogens is 312 g/mol. The molecule has 0 fully saturated rings. The number of nitrogens with zero attached hydrogens (tertiary/aromatic N) is 3. The van der Waals surface area contributed by atoms with Gasteiger partial charge in [0.15, 0.2) is 0 Å². The lowest BCUT2D eigenvalue weighted by Crippen LogP contribution is -2.37. The van der Waals surface area contributed by atoms with E-state index < -0.39 is 23.3 Å². The Labute approximate surface area is 138 Å². The van der Waals surface area contributed by atoms with Gasteiger partial charge in [0.2, 0.25) is 0 Å². The van der Waals surface area contributed by atoms with Crippen molar-refractivity contribution in [1.29, 1.82) is 0 Å². The topological polar surface area (TPSA) is 106 Å². The fourth-order valence-electron chi connectivity index (χ4n) is 2.53. The molecule has 0 aliphatic carbocycles. The fraction of sp³-hybridized carbons (Fsp3) is 0.500. The van der Waals surface area contributed by atoms with Gasteiger partial charge in [-0.2, -0.15) is 0 Å². The third kappa shape index (κ3) is 3.53. The summed E-state index contributed by atoms with van der Waals surface area (Å²) in [7, 11) is 2.89. The minimum atomic E-state index is -0.629. The quantitative estimate of drug-likeness (QED) is 0.785. The third-order valence-electron chi connectivity index (χ3n) is 3.80. The van der Waals surface area contributed by atoms with Crippen molar-refractivity contribution in [3.63, 3.8) is 0 Å². The minimum absolute atomic E-state index is 0.125. The van der Waals surface area contributed by atoms with Crippen LogP contribution in [0.1, 0.15) is 30.6 Å². The van der Waals surface area contributed by atoms with Crippen LogP contribution in [0.2, 0.25) is 0 Å². The first-order chi connectivity index (χ1) is 11.2. The van der Waals surface area contributed by atoms with Gasteiger partial charge in [0.1, 0.15) is 5.65 Å². The van der Waals surface area contributed by atoms with Crippen molar-refractivity contribution < 1.29 is 9.90 Å². The first-order valence-electron chi connectivity index (χ1n) is 7.74. The number of rotatable bonds is 5. The highest BCUT2D eigenvalue weighted by molar-refractivity contribution is 5.96. The molecule has 8 heteroatoms. The summed E-state index contributed by atoms with van der Waals surface area (Å²) >= 11 is 0. The number of hydrogen-bond donors (Lipinski definition) is 2. The molecule has 0 aliphatic heterocycles. The van der Waals surface area contributed by atoms with Crippen LogP contribution in [0.4, 0.5) is 0 Å². The normalized spacial score (nSPS) is 12.6. The second-order valence-electron chi connectivity index (χ2n) is 6.29. The lowest BCUT2D eigenvalue weighted by molar-refractivity contribution is 0.0900. The van der Waals surface area contributed by atoms with E-state index in [1.807, 2.05) is 13.8 Å².